The highest BCUT2D eigenvalue weighted by molar-refractivity contribution is 9.10. The Kier molecular flexibility index (Phi) is 3.95. The highest BCUT2D eigenvalue weighted by Gasteiger charge is 2.15. The van der Waals surface area contributed by atoms with Gasteiger partial charge in [-0.05, 0) is 37.5 Å². The fourth-order valence-corrected chi connectivity index (χ4v) is 2.76. The lowest BCUT2D eigenvalue weighted by atomic mass is 10.00. The van der Waals surface area contributed by atoms with E-state index >= 15 is 0 Å². The van der Waals surface area contributed by atoms with Crippen LogP contribution < -0.4 is 5.73 Å². The first kappa shape index (κ1) is 13.4. The Morgan fingerprint density at radius 1 is 1.39 bits per heavy atom. The second-order valence-corrected chi connectivity index (χ2v) is 5.99. The molecule has 0 aliphatic rings. The van der Waals surface area contributed by atoms with Crippen LogP contribution in [0, 0.1) is 5.92 Å². The molecule has 0 aliphatic carbocycles. The van der Waals surface area contributed by atoms with Crippen LogP contribution in [0.2, 0.25) is 0 Å². The first-order chi connectivity index (χ1) is 8.52. The molecule has 1 aromatic heterocycles. The Morgan fingerprint density at radius 2 is 2.11 bits per heavy atom. The van der Waals surface area contributed by atoms with E-state index in [0.29, 0.717) is 17.9 Å². The minimum Gasteiger partial charge on any atom is -0.369 e. The van der Waals surface area contributed by atoms with Gasteiger partial charge in [0.05, 0.1) is 11.0 Å². The number of hydrogen-bond acceptors (Lipinski definition) is 2. The zero-order chi connectivity index (χ0) is 13.3. The molecule has 4 heteroatoms. The van der Waals surface area contributed by atoms with Gasteiger partial charge in [-0.3, -0.25) is 0 Å². The van der Waals surface area contributed by atoms with E-state index in [9.17, 15) is 0 Å². The molecule has 0 spiro atoms. The van der Waals surface area contributed by atoms with Crippen molar-refractivity contribution >= 4 is 32.9 Å². The Hall–Kier alpha value is -1.03. The number of anilines is 1. The number of nitrogens with two attached hydrogens (primary N) is 1. The molecular weight excluding hydrogens is 290 g/mol. The number of halogens is 1. The van der Waals surface area contributed by atoms with Gasteiger partial charge in [-0.15, -0.1) is 0 Å². The molecule has 2 unspecified atom stereocenters. The third-order valence-corrected chi connectivity index (χ3v) is 4.05. The zero-order valence-corrected chi connectivity index (χ0v) is 12.7. The van der Waals surface area contributed by atoms with Crippen LogP contribution in [0.3, 0.4) is 0 Å². The van der Waals surface area contributed by atoms with Gasteiger partial charge in [0.2, 0.25) is 5.95 Å². The normalized spacial score (nSPS) is 14.9. The van der Waals surface area contributed by atoms with E-state index in [2.05, 4.69) is 52.3 Å². The van der Waals surface area contributed by atoms with Crippen molar-refractivity contribution in [3.8, 4) is 0 Å². The van der Waals surface area contributed by atoms with E-state index in [4.69, 9.17) is 5.73 Å². The lowest BCUT2D eigenvalue weighted by molar-refractivity contribution is 0.407. The van der Waals surface area contributed by atoms with Crippen LogP contribution in [0.15, 0.2) is 22.7 Å². The number of nitrogens with zero attached hydrogens (tertiary/aromatic N) is 2. The van der Waals surface area contributed by atoms with Crippen LogP contribution >= 0.6 is 15.9 Å². The summed E-state index contributed by atoms with van der Waals surface area (Å²) in [7, 11) is 0. The Morgan fingerprint density at radius 3 is 2.78 bits per heavy atom. The van der Waals surface area contributed by atoms with Crippen molar-refractivity contribution in [2.45, 2.75) is 39.7 Å². The SMILES string of the molecule is CCC(C)CC(C)n1c(N)nc2cc(Br)ccc21. The van der Waals surface area contributed by atoms with Crippen molar-refractivity contribution < 1.29 is 0 Å². The number of rotatable bonds is 4. The smallest absolute Gasteiger partial charge is 0.201 e. The van der Waals surface area contributed by atoms with Crippen molar-refractivity contribution in [2.24, 2.45) is 5.92 Å². The van der Waals surface area contributed by atoms with Gasteiger partial charge in [-0.1, -0.05) is 36.2 Å². The van der Waals surface area contributed by atoms with Crippen LogP contribution in [0.1, 0.15) is 39.7 Å². The molecule has 2 atom stereocenters. The molecule has 0 radical (unpaired) electrons. The molecule has 1 heterocycles. The maximum Gasteiger partial charge on any atom is 0.201 e. The lowest BCUT2D eigenvalue weighted by Gasteiger charge is -2.19. The van der Waals surface area contributed by atoms with Gasteiger partial charge in [0.15, 0.2) is 0 Å². The van der Waals surface area contributed by atoms with Gasteiger partial charge in [0, 0.05) is 10.5 Å². The van der Waals surface area contributed by atoms with E-state index in [1.165, 1.54) is 6.42 Å². The number of aromatic nitrogens is 2. The van der Waals surface area contributed by atoms with E-state index < -0.39 is 0 Å². The zero-order valence-electron chi connectivity index (χ0n) is 11.2. The van der Waals surface area contributed by atoms with Gasteiger partial charge in [-0.25, -0.2) is 4.98 Å². The van der Waals surface area contributed by atoms with E-state index in [1.54, 1.807) is 0 Å². The Labute approximate surface area is 117 Å². The second-order valence-electron chi connectivity index (χ2n) is 5.07. The number of imidazole rings is 1. The van der Waals surface area contributed by atoms with Crippen LogP contribution in [0.25, 0.3) is 11.0 Å². The highest BCUT2D eigenvalue weighted by atomic mass is 79.9. The molecule has 0 aliphatic heterocycles. The molecule has 2 rings (SSSR count). The Bertz CT molecular complexity index is 547. The molecule has 0 amide bonds. The molecular formula is C14H20BrN3. The van der Waals surface area contributed by atoms with Gasteiger partial charge < -0.3 is 10.3 Å². The standard InChI is InChI=1S/C14H20BrN3/c1-4-9(2)7-10(3)18-13-6-5-11(15)8-12(13)17-14(18)16/h5-6,8-10H,4,7H2,1-3H3,(H2,16,17). The average molecular weight is 310 g/mol. The fourth-order valence-electron chi connectivity index (χ4n) is 2.41. The third-order valence-electron chi connectivity index (χ3n) is 3.56. The molecule has 2 N–H and O–H groups in total. The second kappa shape index (κ2) is 5.31. The van der Waals surface area contributed by atoms with Crippen LogP contribution in [-0.4, -0.2) is 9.55 Å². The summed E-state index contributed by atoms with van der Waals surface area (Å²) in [6, 6.07) is 6.51. The van der Waals surface area contributed by atoms with Gasteiger partial charge in [-0.2, -0.15) is 0 Å². The van der Waals surface area contributed by atoms with Crippen molar-refractivity contribution in [2.75, 3.05) is 5.73 Å². The summed E-state index contributed by atoms with van der Waals surface area (Å²) >= 11 is 3.46. The molecule has 98 valence electrons. The first-order valence-electron chi connectivity index (χ1n) is 6.45. The highest BCUT2D eigenvalue weighted by Crippen LogP contribution is 2.28. The topological polar surface area (TPSA) is 43.8 Å². The van der Waals surface area contributed by atoms with Gasteiger partial charge in [0.25, 0.3) is 0 Å². The molecule has 3 nitrogen and oxygen atoms in total. The van der Waals surface area contributed by atoms with Gasteiger partial charge in [0.1, 0.15) is 0 Å². The largest absolute Gasteiger partial charge is 0.369 e. The summed E-state index contributed by atoms with van der Waals surface area (Å²) in [6.45, 7) is 6.72. The summed E-state index contributed by atoms with van der Waals surface area (Å²) in [6.07, 6.45) is 2.32. The van der Waals surface area contributed by atoms with E-state index in [0.717, 1.165) is 21.9 Å². The lowest BCUT2D eigenvalue weighted by Crippen LogP contribution is -2.11. The fraction of sp³-hybridized carbons (Fsp3) is 0.500. The van der Waals surface area contributed by atoms with Crippen LogP contribution in [0.4, 0.5) is 5.95 Å². The molecule has 2 aromatic rings. The number of fused-ring (bicyclic) bond motifs is 1. The van der Waals surface area contributed by atoms with E-state index in [-0.39, 0.29) is 0 Å². The summed E-state index contributed by atoms with van der Waals surface area (Å²) in [5.41, 5.74) is 8.13. The minimum atomic E-state index is 0.381. The predicted molar refractivity (Wildman–Crippen MR) is 80.6 cm³/mol. The third kappa shape index (κ3) is 2.53. The average Bonchev–Trinajstić information content (AvgIpc) is 2.63. The molecule has 0 saturated heterocycles. The summed E-state index contributed by atoms with van der Waals surface area (Å²) < 4.78 is 3.18. The molecule has 0 saturated carbocycles. The predicted octanol–water partition coefficient (Wildman–Crippen LogP) is 4.38. The molecule has 18 heavy (non-hydrogen) atoms. The molecule has 0 fully saturated rings. The van der Waals surface area contributed by atoms with Crippen molar-refractivity contribution in [3.63, 3.8) is 0 Å². The first-order valence-corrected chi connectivity index (χ1v) is 7.25. The van der Waals surface area contributed by atoms with Crippen molar-refractivity contribution in [1.29, 1.82) is 0 Å². The van der Waals surface area contributed by atoms with Crippen molar-refractivity contribution in [1.82, 2.24) is 9.55 Å². The monoisotopic (exact) mass is 309 g/mol. The maximum absolute atomic E-state index is 6.06. The molecule has 1 aromatic carbocycles. The molecule has 0 bridgehead atoms. The summed E-state index contributed by atoms with van der Waals surface area (Å²) in [5.74, 6) is 1.31. The van der Waals surface area contributed by atoms with Crippen LogP contribution in [0.5, 0.6) is 0 Å². The van der Waals surface area contributed by atoms with Gasteiger partial charge >= 0.3 is 0 Å². The Balaban J connectivity index is 2.40. The van der Waals surface area contributed by atoms with E-state index in [1.807, 2.05) is 12.1 Å². The quantitative estimate of drug-likeness (QED) is 0.911. The number of benzene rings is 1. The van der Waals surface area contributed by atoms with Crippen molar-refractivity contribution in [3.05, 3.63) is 22.7 Å². The van der Waals surface area contributed by atoms with Crippen LogP contribution in [-0.2, 0) is 0 Å². The number of nitrogen functional groups attached to an aromatic ring is 1. The minimum absolute atomic E-state index is 0.381. The summed E-state index contributed by atoms with van der Waals surface area (Å²) in [4.78, 5) is 4.44. The number of hydrogen-bond donors (Lipinski definition) is 1. The maximum atomic E-state index is 6.06. The summed E-state index contributed by atoms with van der Waals surface area (Å²) in [5, 5.41) is 0.